The summed E-state index contributed by atoms with van der Waals surface area (Å²) in [5.41, 5.74) is 3.39. The van der Waals surface area contributed by atoms with Crippen LogP contribution in [-0.2, 0) is 11.3 Å². The molecule has 1 N–H and O–H groups in total. The van der Waals surface area contributed by atoms with E-state index >= 15 is 0 Å². The molecule has 0 spiro atoms. The molecule has 0 radical (unpaired) electrons. The SMILES string of the molecule is c1ccc(-c2cnc(C3COCCN3Cc3cccnc3)[nH]2)cc1. The highest BCUT2D eigenvalue weighted by Gasteiger charge is 2.27. The molecule has 4 rings (SSSR count). The first-order chi connectivity index (χ1) is 11.9. The number of H-pyrrole nitrogens is 1. The number of aromatic nitrogens is 3. The Labute approximate surface area is 141 Å². The normalized spacial score (nSPS) is 18.6. The van der Waals surface area contributed by atoms with Gasteiger partial charge in [0, 0.05) is 25.5 Å². The van der Waals surface area contributed by atoms with Crippen molar-refractivity contribution in [3.8, 4) is 11.3 Å². The van der Waals surface area contributed by atoms with Crippen molar-refractivity contribution >= 4 is 0 Å². The highest BCUT2D eigenvalue weighted by molar-refractivity contribution is 5.58. The van der Waals surface area contributed by atoms with Gasteiger partial charge < -0.3 is 9.72 Å². The number of imidazole rings is 1. The van der Waals surface area contributed by atoms with E-state index in [1.807, 2.05) is 36.7 Å². The number of benzene rings is 1. The summed E-state index contributed by atoms with van der Waals surface area (Å²) >= 11 is 0. The van der Waals surface area contributed by atoms with Crippen LogP contribution in [0.25, 0.3) is 11.3 Å². The highest BCUT2D eigenvalue weighted by atomic mass is 16.5. The summed E-state index contributed by atoms with van der Waals surface area (Å²) in [6.07, 6.45) is 5.63. The second-order valence-electron chi connectivity index (χ2n) is 5.97. The maximum Gasteiger partial charge on any atom is 0.126 e. The lowest BCUT2D eigenvalue weighted by Gasteiger charge is -2.34. The molecule has 24 heavy (non-hydrogen) atoms. The molecule has 3 heterocycles. The third kappa shape index (κ3) is 3.22. The van der Waals surface area contributed by atoms with Gasteiger partial charge in [-0.05, 0) is 17.2 Å². The molecule has 0 bridgehead atoms. The van der Waals surface area contributed by atoms with Crippen molar-refractivity contribution < 1.29 is 4.74 Å². The number of morpholine rings is 1. The minimum Gasteiger partial charge on any atom is -0.378 e. The van der Waals surface area contributed by atoms with E-state index in [9.17, 15) is 0 Å². The molecule has 0 aliphatic carbocycles. The van der Waals surface area contributed by atoms with Gasteiger partial charge in [-0.25, -0.2) is 4.98 Å². The molecule has 0 amide bonds. The van der Waals surface area contributed by atoms with Crippen LogP contribution in [0.2, 0.25) is 0 Å². The lowest BCUT2D eigenvalue weighted by molar-refractivity contribution is -0.0156. The minimum atomic E-state index is 0.136. The van der Waals surface area contributed by atoms with E-state index < -0.39 is 0 Å². The number of ether oxygens (including phenoxy) is 1. The smallest absolute Gasteiger partial charge is 0.126 e. The summed E-state index contributed by atoms with van der Waals surface area (Å²) in [5.74, 6) is 0.956. The summed E-state index contributed by atoms with van der Waals surface area (Å²) in [4.78, 5) is 14.7. The van der Waals surface area contributed by atoms with Crippen LogP contribution in [-0.4, -0.2) is 39.6 Å². The summed E-state index contributed by atoms with van der Waals surface area (Å²) in [6, 6.07) is 14.5. The molecule has 122 valence electrons. The third-order valence-corrected chi connectivity index (χ3v) is 4.34. The molecule has 3 aromatic rings. The van der Waals surface area contributed by atoms with E-state index in [4.69, 9.17) is 4.74 Å². The molecule has 1 atom stereocenters. The third-order valence-electron chi connectivity index (χ3n) is 4.34. The van der Waals surface area contributed by atoms with Crippen molar-refractivity contribution in [2.75, 3.05) is 19.8 Å². The van der Waals surface area contributed by atoms with E-state index in [2.05, 4.69) is 38.1 Å². The molecular weight excluding hydrogens is 300 g/mol. The average molecular weight is 320 g/mol. The first-order valence-corrected chi connectivity index (χ1v) is 8.21. The quantitative estimate of drug-likeness (QED) is 0.803. The Morgan fingerprint density at radius 2 is 2.04 bits per heavy atom. The molecule has 1 aliphatic rings. The fraction of sp³-hybridized carbons (Fsp3) is 0.263. The fourth-order valence-electron chi connectivity index (χ4n) is 3.08. The van der Waals surface area contributed by atoms with E-state index in [-0.39, 0.29) is 6.04 Å². The Bertz CT molecular complexity index is 772. The molecule has 5 heteroatoms. The van der Waals surface area contributed by atoms with Gasteiger partial charge in [0.05, 0.1) is 31.1 Å². The Morgan fingerprint density at radius 3 is 2.88 bits per heavy atom. The van der Waals surface area contributed by atoms with E-state index in [1.54, 1.807) is 6.20 Å². The Balaban J connectivity index is 1.56. The molecule has 1 unspecified atom stereocenters. The van der Waals surface area contributed by atoms with Gasteiger partial charge in [0.2, 0.25) is 0 Å². The van der Waals surface area contributed by atoms with Gasteiger partial charge in [-0.15, -0.1) is 0 Å². The first-order valence-electron chi connectivity index (χ1n) is 8.21. The van der Waals surface area contributed by atoms with Crippen LogP contribution in [0, 0.1) is 0 Å². The van der Waals surface area contributed by atoms with Crippen molar-refractivity contribution in [2.24, 2.45) is 0 Å². The van der Waals surface area contributed by atoms with Gasteiger partial charge in [-0.3, -0.25) is 9.88 Å². The molecule has 5 nitrogen and oxygen atoms in total. The van der Waals surface area contributed by atoms with Crippen LogP contribution in [0.3, 0.4) is 0 Å². The molecule has 1 saturated heterocycles. The monoisotopic (exact) mass is 320 g/mol. The summed E-state index contributed by atoms with van der Waals surface area (Å²) in [5, 5.41) is 0. The van der Waals surface area contributed by atoms with E-state index in [1.165, 1.54) is 5.56 Å². The second kappa shape index (κ2) is 6.95. The maximum atomic E-state index is 5.70. The van der Waals surface area contributed by atoms with Crippen LogP contribution in [0.1, 0.15) is 17.4 Å². The zero-order chi connectivity index (χ0) is 16.2. The van der Waals surface area contributed by atoms with Crippen molar-refractivity contribution in [3.63, 3.8) is 0 Å². The Morgan fingerprint density at radius 1 is 1.12 bits per heavy atom. The van der Waals surface area contributed by atoms with Gasteiger partial charge in [-0.2, -0.15) is 0 Å². The molecule has 1 fully saturated rings. The van der Waals surface area contributed by atoms with Crippen LogP contribution in [0.4, 0.5) is 0 Å². The minimum absolute atomic E-state index is 0.136. The van der Waals surface area contributed by atoms with E-state index in [0.29, 0.717) is 6.61 Å². The lowest BCUT2D eigenvalue weighted by atomic mass is 10.1. The molecular formula is C19H20N4O. The summed E-state index contributed by atoms with van der Waals surface area (Å²) in [7, 11) is 0. The predicted molar refractivity (Wildman–Crippen MR) is 92.2 cm³/mol. The van der Waals surface area contributed by atoms with Gasteiger partial charge >= 0.3 is 0 Å². The average Bonchev–Trinajstić information content (AvgIpc) is 3.14. The Kier molecular flexibility index (Phi) is 4.36. The number of hydrogen-bond donors (Lipinski definition) is 1. The van der Waals surface area contributed by atoms with Crippen molar-refractivity contribution in [1.82, 2.24) is 19.9 Å². The van der Waals surface area contributed by atoms with Gasteiger partial charge in [0.15, 0.2) is 0 Å². The summed E-state index contributed by atoms with van der Waals surface area (Å²) < 4.78 is 5.70. The largest absolute Gasteiger partial charge is 0.378 e. The van der Waals surface area contributed by atoms with Crippen LogP contribution >= 0.6 is 0 Å². The van der Waals surface area contributed by atoms with E-state index in [0.717, 1.165) is 36.8 Å². The first kappa shape index (κ1) is 15.1. The van der Waals surface area contributed by atoms with Gasteiger partial charge in [0.25, 0.3) is 0 Å². The number of hydrogen-bond acceptors (Lipinski definition) is 4. The molecule has 1 aliphatic heterocycles. The summed E-state index contributed by atoms with van der Waals surface area (Å²) in [6.45, 7) is 3.15. The van der Waals surface area contributed by atoms with Crippen molar-refractivity contribution in [3.05, 3.63) is 72.4 Å². The number of nitrogens with zero attached hydrogens (tertiary/aromatic N) is 3. The molecule has 1 aromatic carbocycles. The van der Waals surface area contributed by atoms with Crippen molar-refractivity contribution in [1.29, 1.82) is 0 Å². The second-order valence-corrected chi connectivity index (χ2v) is 5.97. The number of rotatable bonds is 4. The van der Waals surface area contributed by atoms with Gasteiger partial charge in [-0.1, -0.05) is 36.4 Å². The van der Waals surface area contributed by atoms with Crippen LogP contribution in [0.5, 0.6) is 0 Å². The molecule has 2 aromatic heterocycles. The van der Waals surface area contributed by atoms with Crippen LogP contribution in [0.15, 0.2) is 61.1 Å². The molecule has 0 saturated carbocycles. The topological polar surface area (TPSA) is 54.0 Å². The lowest BCUT2D eigenvalue weighted by Crippen LogP contribution is -2.39. The van der Waals surface area contributed by atoms with Gasteiger partial charge in [0.1, 0.15) is 5.82 Å². The Hall–Kier alpha value is -2.50. The van der Waals surface area contributed by atoms with Crippen molar-refractivity contribution in [2.45, 2.75) is 12.6 Å². The number of pyridine rings is 1. The van der Waals surface area contributed by atoms with Crippen LogP contribution < -0.4 is 0 Å². The zero-order valence-corrected chi connectivity index (χ0v) is 13.4. The standard InChI is InChI=1S/C19H20N4O/c1-2-6-16(7-3-1)17-12-21-19(22-17)18-14-24-10-9-23(18)13-15-5-4-8-20-11-15/h1-8,11-12,18H,9-10,13-14H2,(H,21,22). The predicted octanol–water partition coefficient (Wildman–Crippen LogP) is 3.05. The number of nitrogens with one attached hydrogen (secondary N) is 1. The maximum absolute atomic E-state index is 5.70. The highest BCUT2D eigenvalue weighted by Crippen LogP contribution is 2.26. The zero-order valence-electron chi connectivity index (χ0n) is 13.4. The fourth-order valence-corrected chi connectivity index (χ4v) is 3.08. The number of aromatic amines is 1.